The van der Waals surface area contributed by atoms with E-state index in [1.807, 2.05) is 0 Å². The third-order valence-electron chi connectivity index (χ3n) is 3.61. The van der Waals surface area contributed by atoms with Gasteiger partial charge < -0.3 is 10.7 Å². The van der Waals surface area contributed by atoms with Crippen LogP contribution in [0, 0.1) is 5.41 Å². The molecule has 0 aliphatic rings. The molecule has 0 saturated heterocycles. The summed E-state index contributed by atoms with van der Waals surface area (Å²) in [4.78, 5) is 11.1. The first-order valence-electron chi connectivity index (χ1n) is 7.74. The van der Waals surface area contributed by atoms with E-state index < -0.39 is 11.7 Å². The van der Waals surface area contributed by atoms with Crippen LogP contribution >= 0.6 is 23.2 Å². The highest BCUT2D eigenvalue weighted by Crippen LogP contribution is 2.33. The first-order chi connectivity index (χ1) is 12.6. The third-order valence-corrected chi connectivity index (χ3v) is 4.19. The molecule has 0 aliphatic heterocycles. The van der Waals surface area contributed by atoms with Crippen LogP contribution < -0.4 is 5.32 Å². The number of nitrogens with one attached hydrogen (secondary N) is 2. The second kappa shape index (κ2) is 8.59. The van der Waals surface area contributed by atoms with Crippen molar-refractivity contribution in [3.05, 3.63) is 75.3 Å². The highest BCUT2D eigenvalue weighted by molar-refractivity contribution is 6.35. The summed E-state index contributed by atoms with van der Waals surface area (Å²) in [5, 5.41) is 11.7. The molecule has 0 aliphatic carbocycles. The fourth-order valence-electron chi connectivity index (χ4n) is 2.25. The van der Waals surface area contributed by atoms with Gasteiger partial charge in [0, 0.05) is 27.8 Å². The van der Waals surface area contributed by atoms with E-state index in [1.54, 1.807) is 12.1 Å². The number of carbonyl (C=O) groups is 1. The molecule has 0 spiro atoms. The molecule has 0 radical (unpaired) electrons. The Morgan fingerprint density at radius 2 is 1.85 bits per heavy atom. The van der Waals surface area contributed by atoms with Gasteiger partial charge in [-0.25, -0.2) is 0 Å². The molecule has 0 amide bonds. The minimum Gasteiger partial charge on any atom is -0.380 e. The standard InChI is InChI=1S/C19H15Cl2F3N2O/c1-11(27)2-7-17(25)15-6-4-13(19(22,23)24)8-18(15)26-10-12-3-5-14(20)9-16(12)21/h2-9,25-26H,10H2,1H3/b7-2+,25-17?. The first kappa shape index (κ1) is 21.0. The number of anilines is 1. The molecule has 0 heterocycles. The molecule has 142 valence electrons. The summed E-state index contributed by atoms with van der Waals surface area (Å²) in [6, 6.07) is 7.83. The van der Waals surface area contributed by atoms with Crippen molar-refractivity contribution in [3.8, 4) is 0 Å². The van der Waals surface area contributed by atoms with Crippen molar-refractivity contribution >= 4 is 40.4 Å². The van der Waals surface area contributed by atoms with E-state index in [1.165, 1.54) is 31.2 Å². The van der Waals surface area contributed by atoms with Gasteiger partial charge in [0.2, 0.25) is 0 Å². The minimum atomic E-state index is -4.52. The molecule has 2 rings (SSSR count). The molecule has 2 N–H and O–H groups in total. The smallest absolute Gasteiger partial charge is 0.380 e. The van der Waals surface area contributed by atoms with Crippen LogP contribution in [-0.2, 0) is 17.5 Å². The summed E-state index contributed by atoms with van der Waals surface area (Å²) in [7, 11) is 0. The zero-order chi connectivity index (χ0) is 20.2. The SMILES string of the molecule is CC(=O)/C=C/C(=N)c1ccc(C(F)(F)F)cc1NCc1ccc(Cl)cc1Cl. The zero-order valence-corrected chi connectivity index (χ0v) is 15.6. The second-order valence-corrected chi connectivity index (χ2v) is 6.55. The molecule has 8 heteroatoms. The Labute approximate surface area is 164 Å². The highest BCUT2D eigenvalue weighted by Gasteiger charge is 2.31. The predicted molar refractivity (Wildman–Crippen MR) is 102 cm³/mol. The number of benzene rings is 2. The molecule has 0 fully saturated rings. The number of allylic oxidation sites excluding steroid dienone is 2. The molecule has 0 unspecified atom stereocenters. The summed E-state index contributed by atoms with van der Waals surface area (Å²) in [5.74, 6) is -0.269. The minimum absolute atomic E-state index is 0.0939. The van der Waals surface area contributed by atoms with Crippen LogP contribution in [0.1, 0.15) is 23.6 Å². The monoisotopic (exact) mass is 414 g/mol. The van der Waals surface area contributed by atoms with Crippen molar-refractivity contribution in [1.29, 1.82) is 5.41 Å². The maximum atomic E-state index is 13.1. The molecule has 0 saturated carbocycles. The van der Waals surface area contributed by atoms with Crippen LogP contribution in [0.15, 0.2) is 48.6 Å². The van der Waals surface area contributed by atoms with Gasteiger partial charge in [0.1, 0.15) is 0 Å². The van der Waals surface area contributed by atoms with Crippen molar-refractivity contribution < 1.29 is 18.0 Å². The maximum absolute atomic E-state index is 13.1. The third kappa shape index (κ3) is 5.84. The van der Waals surface area contributed by atoms with Gasteiger partial charge in [-0.1, -0.05) is 35.3 Å². The fraction of sp³-hybridized carbons (Fsp3) is 0.158. The van der Waals surface area contributed by atoms with Crippen LogP contribution in [0.2, 0.25) is 10.0 Å². The van der Waals surface area contributed by atoms with Crippen LogP contribution in [0.5, 0.6) is 0 Å². The Bertz CT molecular complexity index is 908. The molecule has 2 aromatic carbocycles. The average molecular weight is 415 g/mol. The summed E-state index contributed by atoms with van der Waals surface area (Å²) in [6.45, 7) is 1.45. The number of hydrogen-bond acceptors (Lipinski definition) is 3. The number of hydrogen-bond donors (Lipinski definition) is 2. The number of rotatable bonds is 6. The summed E-state index contributed by atoms with van der Waals surface area (Å²) in [5.41, 5.74) is 0.0257. The summed E-state index contributed by atoms with van der Waals surface area (Å²) < 4.78 is 39.2. The first-order valence-corrected chi connectivity index (χ1v) is 8.50. The van der Waals surface area contributed by atoms with E-state index in [2.05, 4.69) is 5.32 Å². The van der Waals surface area contributed by atoms with Gasteiger partial charge in [-0.15, -0.1) is 0 Å². The van der Waals surface area contributed by atoms with Crippen molar-refractivity contribution in [2.75, 3.05) is 5.32 Å². The van der Waals surface area contributed by atoms with Gasteiger partial charge in [0.25, 0.3) is 0 Å². The molecule has 27 heavy (non-hydrogen) atoms. The van der Waals surface area contributed by atoms with Gasteiger partial charge in [0.15, 0.2) is 5.78 Å². The van der Waals surface area contributed by atoms with Gasteiger partial charge >= 0.3 is 6.18 Å². The average Bonchev–Trinajstić information content (AvgIpc) is 2.58. The fourth-order valence-corrected chi connectivity index (χ4v) is 2.72. The number of carbonyl (C=O) groups excluding carboxylic acids is 1. The van der Waals surface area contributed by atoms with Gasteiger partial charge in [-0.05, 0) is 48.9 Å². The number of alkyl halides is 3. The van der Waals surface area contributed by atoms with Gasteiger partial charge in [-0.2, -0.15) is 13.2 Å². The van der Waals surface area contributed by atoms with Crippen molar-refractivity contribution in [3.63, 3.8) is 0 Å². The van der Waals surface area contributed by atoms with Crippen molar-refractivity contribution in [2.24, 2.45) is 0 Å². The predicted octanol–water partition coefficient (Wildman–Crippen LogP) is 6.14. The van der Waals surface area contributed by atoms with Gasteiger partial charge in [-0.3, -0.25) is 4.79 Å². The molecule has 0 aromatic heterocycles. The van der Waals surface area contributed by atoms with E-state index in [9.17, 15) is 18.0 Å². The number of ketones is 1. The lowest BCUT2D eigenvalue weighted by Crippen LogP contribution is -2.10. The Morgan fingerprint density at radius 1 is 1.15 bits per heavy atom. The Balaban J connectivity index is 2.37. The van der Waals surface area contributed by atoms with Crippen LogP contribution in [-0.4, -0.2) is 11.5 Å². The van der Waals surface area contributed by atoms with E-state index >= 15 is 0 Å². The largest absolute Gasteiger partial charge is 0.416 e. The van der Waals surface area contributed by atoms with E-state index in [0.29, 0.717) is 15.6 Å². The lowest BCUT2D eigenvalue weighted by atomic mass is 10.0. The van der Waals surface area contributed by atoms with Crippen LogP contribution in [0.25, 0.3) is 0 Å². The highest BCUT2D eigenvalue weighted by atomic mass is 35.5. The lowest BCUT2D eigenvalue weighted by Gasteiger charge is -2.15. The summed E-state index contributed by atoms with van der Waals surface area (Å²) >= 11 is 11.9. The molecule has 3 nitrogen and oxygen atoms in total. The Kier molecular flexibility index (Phi) is 6.68. The lowest BCUT2D eigenvalue weighted by molar-refractivity contribution is -0.137. The second-order valence-electron chi connectivity index (χ2n) is 5.71. The quantitative estimate of drug-likeness (QED) is 0.440. The summed E-state index contributed by atoms with van der Waals surface area (Å²) in [6.07, 6.45) is -2.10. The molecular weight excluding hydrogens is 400 g/mol. The normalized spacial score (nSPS) is 11.6. The molecule has 0 atom stereocenters. The van der Waals surface area contributed by atoms with Crippen LogP contribution in [0.3, 0.4) is 0 Å². The van der Waals surface area contributed by atoms with Gasteiger partial charge in [0.05, 0.1) is 11.3 Å². The van der Waals surface area contributed by atoms with E-state index in [-0.39, 0.29) is 29.3 Å². The topological polar surface area (TPSA) is 53.0 Å². The Morgan fingerprint density at radius 3 is 2.44 bits per heavy atom. The Hall–Kier alpha value is -2.31. The van der Waals surface area contributed by atoms with Crippen molar-refractivity contribution in [1.82, 2.24) is 0 Å². The van der Waals surface area contributed by atoms with E-state index in [0.717, 1.165) is 12.1 Å². The number of halogens is 5. The zero-order valence-electron chi connectivity index (χ0n) is 14.1. The van der Waals surface area contributed by atoms with Crippen molar-refractivity contribution in [2.45, 2.75) is 19.6 Å². The molecular formula is C19H15Cl2F3N2O. The molecule has 0 bridgehead atoms. The maximum Gasteiger partial charge on any atom is 0.416 e. The molecule has 2 aromatic rings. The van der Waals surface area contributed by atoms with Crippen LogP contribution in [0.4, 0.5) is 18.9 Å². The van der Waals surface area contributed by atoms with E-state index in [4.69, 9.17) is 28.6 Å².